The number of hydrogen-bond acceptors (Lipinski definition) is 4. The van der Waals surface area contributed by atoms with Gasteiger partial charge in [-0.25, -0.2) is 0 Å². The lowest BCUT2D eigenvalue weighted by Crippen LogP contribution is -2.53. The number of phenolic OH excluding ortho intramolecular Hbond substituents is 1. The van der Waals surface area contributed by atoms with E-state index in [1.807, 2.05) is 12.1 Å². The van der Waals surface area contributed by atoms with Crippen LogP contribution < -0.4 is 11.1 Å². The number of aromatic hydroxyl groups is 1. The average molecular weight is 221 g/mol. The minimum absolute atomic E-state index is 0.319. The average Bonchev–Trinajstić information content (AvgIpc) is 2.33. The molecule has 1 fully saturated rings. The van der Waals surface area contributed by atoms with Gasteiger partial charge in [-0.2, -0.15) is 0 Å². The van der Waals surface area contributed by atoms with E-state index >= 15 is 0 Å². The summed E-state index contributed by atoms with van der Waals surface area (Å²) in [5, 5.41) is 12.6. The lowest BCUT2D eigenvalue weighted by atomic mass is 10.1. The van der Waals surface area contributed by atoms with E-state index in [9.17, 15) is 5.11 Å². The molecule has 4 nitrogen and oxygen atoms in total. The molecule has 0 bridgehead atoms. The van der Waals surface area contributed by atoms with Crippen LogP contribution in [0.5, 0.6) is 5.75 Å². The number of nitrogens with zero attached hydrogens (tertiary/aromatic N) is 1. The van der Waals surface area contributed by atoms with Crippen molar-refractivity contribution in [2.24, 2.45) is 5.73 Å². The first-order chi connectivity index (χ1) is 7.79. The van der Waals surface area contributed by atoms with E-state index in [1.165, 1.54) is 5.56 Å². The van der Waals surface area contributed by atoms with Crippen LogP contribution in [0.3, 0.4) is 0 Å². The summed E-state index contributed by atoms with van der Waals surface area (Å²) in [6, 6.07) is 7.81. The number of rotatable bonds is 3. The number of piperazine rings is 1. The van der Waals surface area contributed by atoms with E-state index in [2.05, 4.69) is 10.2 Å². The molecular formula is C12H19N3O. The van der Waals surface area contributed by atoms with Crippen molar-refractivity contribution in [2.75, 3.05) is 26.2 Å². The van der Waals surface area contributed by atoms with Crippen LogP contribution in [0.1, 0.15) is 5.56 Å². The normalized spacial score (nSPS) is 22.2. The zero-order valence-corrected chi connectivity index (χ0v) is 9.39. The van der Waals surface area contributed by atoms with Crippen molar-refractivity contribution in [3.05, 3.63) is 29.8 Å². The highest BCUT2D eigenvalue weighted by Crippen LogP contribution is 2.13. The number of nitrogens with one attached hydrogen (secondary N) is 1. The molecule has 1 saturated heterocycles. The van der Waals surface area contributed by atoms with Gasteiger partial charge in [0.05, 0.1) is 0 Å². The molecule has 1 aromatic rings. The molecule has 1 aliphatic heterocycles. The highest BCUT2D eigenvalue weighted by Gasteiger charge is 2.20. The lowest BCUT2D eigenvalue weighted by molar-refractivity contribution is 0.158. The van der Waals surface area contributed by atoms with Crippen molar-refractivity contribution < 1.29 is 5.11 Å². The van der Waals surface area contributed by atoms with Crippen molar-refractivity contribution in [3.63, 3.8) is 0 Å². The summed E-state index contributed by atoms with van der Waals surface area (Å²) in [6.45, 7) is 4.61. The van der Waals surface area contributed by atoms with Crippen LogP contribution in [0.25, 0.3) is 0 Å². The minimum Gasteiger partial charge on any atom is -0.508 e. The molecule has 0 amide bonds. The molecule has 0 aromatic heterocycles. The van der Waals surface area contributed by atoms with Crippen molar-refractivity contribution in [1.29, 1.82) is 0 Å². The summed E-state index contributed by atoms with van der Waals surface area (Å²) in [6.07, 6.45) is 0. The molecule has 0 aliphatic carbocycles. The molecule has 4 N–H and O–H groups in total. The van der Waals surface area contributed by atoms with Gasteiger partial charge in [-0.3, -0.25) is 4.90 Å². The first-order valence-electron chi connectivity index (χ1n) is 5.72. The van der Waals surface area contributed by atoms with Gasteiger partial charge >= 0.3 is 0 Å². The quantitative estimate of drug-likeness (QED) is 0.679. The Balaban J connectivity index is 1.99. The predicted octanol–water partition coefficient (Wildman–Crippen LogP) is 0.125. The molecule has 1 unspecified atom stereocenters. The van der Waals surface area contributed by atoms with Crippen molar-refractivity contribution in [1.82, 2.24) is 10.2 Å². The lowest BCUT2D eigenvalue weighted by Gasteiger charge is -2.35. The molecule has 0 spiro atoms. The third kappa shape index (κ3) is 2.72. The van der Waals surface area contributed by atoms with E-state index in [0.717, 1.165) is 26.2 Å². The summed E-state index contributed by atoms with van der Waals surface area (Å²) in [7, 11) is 0. The fourth-order valence-electron chi connectivity index (χ4n) is 2.08. The van der Waals surface area contributed by atoms with Gasteiger partial charge in [0.1, 0.15) is 5.75 Å². The first kappa shape index (κ1) is 11.4. The molecule has 2 rings (SSSR count). The Hall–Kier alpha value is -1.10. The molecule has 16 heavy (non-hydrogen) atoms. The van der Waals surface area contributed by atoms with Crippen molar-refractivity contribution >= 4 is 0 Å². The van der Waals surface area contributed by atoms with E-state index in [0.29, 0.717) is 18.3 Å². The first-order valence-corrected chi connectivity index (χ1v) is 5.72. The van der Waals surface area contributed by atoms with Gasteiger partial charge in [-0.05, 0) is 17.7 Å². The Labute approximate surface area is 96.1 Å². The molecule has 1 atom stereocenters. The van der Waals surface area contributed by atoms with Gasteiger partial charge in [0.2, 0.25) is 0 Å². The minimum atomic E-state index is 0.319. The monoisotopic (exact) mass is 221 g/mol. The Morgan fingerprint density at radius 2 is 2.12 bits per heavy atom. The fourth-order valence-corrected chi connectivity index (χ4v) is 2.08. The van der Waals surface area contributed by atoms with Gasteiger partial charge in [0.25, 0.3) is 0 Å². The molecule has 88 valence electrons. The predicted molar refractivity (Wildman–Crippen MR) is 64.2 cm³/mol. The molecule has 1 aliphatic rings. The van der Waals surface area contributed by atoms with Crippen LogP contribution in [0.15, 0.2) is 24.3 Å². The maximum atomic E-state index is 9.22. The van der Waals surface area contributed by atoms with Crippen LogP contribution in [-0.4, -0.2) is 42.2 Å². The van der Waals surface area contributed by atoms with Gasteiger partial charge in [-0.15, -0.1) is 0 Å². The van der Waals surface area contributed by atoms with Gasteiger partial charge in [0.15, 0.2) is 0 Å². The highest BCUT2D eigenvalue weighted by atomic mass is 16.3. The number of nitrogens with two attached hydrogens (primary N) is 1. The van der Waals surface area contributed by atoms with E-state index in [1.54, 1.807) is 12.1 Å². The summed E-state index contributed by atoms with van der Waals surface area (Å²) in [5.41, 5.74) is 6.97. The smallest absolute Gasteiger partial charge is 0.115 e. The zero-order chi connectivity index (χ0) is 11.4. The van der Waals surface area contributed by atoms with Crippen LogP contribution in [-0.2, 0) is 6.54 Å². The van der Waals surface area contributed by atoms with E-state index < -0.39 is 0 Å². The fraction of sp³-hybridized carbons (Fsp3) is 0.500. The van der Waals surface area contributed by atoms with Crippen LogP contribution in [0.4, 0.5) is 0 Å². The molecule has 1 aromatic carbocycles. The molecule has 0 saturated carbocycles. The van der Waals surface area contributed by atoms with Gasteiger partial charge in [0, 0.05) is 38.8 Å². The zero-order valence-electron chi connectivity index (χ0n) is 9.39. The third-order valence-electron chi connectivity index (χ3n) is 3.07. The van der Waals surface area contributed by atoms with E-state index in [-0.39, 0.29) is 0 Å². The topological polar surface area (TPSA) is 61.5 Å². The van der Waals surface area contributed by atoms with Crippen molar-refractivity contribution in [2.45, 2.75) is 12.6 Å². The molecule has 4 heteroatoms. The SMILES string of the molecule is NCC1CNCCN1Cc1ccc(O)cc1. The Bertz CT molecular complexity index is 326. The van der Waals surface area contributed by atoms with Gasteiger partial charge in [-0.1, -0.05) is 12.1 Å². The second-order valence-corrected chi connectivity index (χ2v) is 4.23. The third-order valence-corrected chi connectivity index (χ3v) is 3.07. The van der Waals surface area contributed by atoms with Crippen LogP contribution in [0, 0.1) is 0 Å². The van der Waals surface area contributed by atoms with Crippen LogP contribution >= 0.6 is 0 Å². The number of phenols is 1. The Kier molecular flexibility index (Phi) is 3.77. The summed E-state index contributed by atoms with van der Waals surface area (Å²) in [5.74, 6) is 0.319. The number of benzene rings is 1. The highest BCUT2D eigenvalue weighted by molar-refractivity contribution is 5.25. The molecule has 1 heterocycles. The summed E-state index contributed by atoms with van der Waals surface area (Å²) < 4.78 is 0. The molecule has 0 radical (unpaired) electrons. The summed E-state index contributed by atoms with van der Waals surface area (Å²) in [4.78, 5) is 2.39. The van der Waals surface area contributed by atoms with E-state index in [4.69, 9.17) is 5.73 Å². The second kappa shape index (κ2) is 5.30. The maximum absolute atomic E-state index is 9.22. The van der Waals surface area contributed by atoms with Gasteiger partial charge < -0.3 is 16.2 Å². The maximum Gasteiger partial charge on any atom is 0.115 e. The van der Waals surface area contributed by atoms with Crippen molar-refractivity contribution in [3.8, 4) is 5.75 Å². The Morgan fingerprint density at radius 1 is 1.38 bits per heavy atom. The molecular weight excluding hydrogens is 202 g/mol. The van der Waals surface area contributed by atoms with Crippen LogP contribution in [0.2, 0.25) is 0 Å². The standard InChI is InChI=1S/C12H19N3O/c13-7-11-8-14-5-6-15(11)9-10-1-3-12(16)4-2-10/h1-4,11,14,16H,5-9,13H2. The largest absolute Gasteiger partial charge is 0.508 e. The Morgan fingerprint density at radius 3 is 2.81 bits per heavy atom. The summed E-state index contributed by atoms with van der Waals surface area (Å²) >= 11 is 0. The number of hydrogen-bond donors (Lipinski definition) is 3. The second-order valence-electron chi connectivity index (χ2n) is 4.23.